The van der Waals surface area contributed by atoms with Crippen LogP contribution in [-0.4, -0.2) is 23.4 Å². The van der Waals surface area contributed by atoms with Crippen LogP contribution in [0.5, 0.6) is 0 Å². The first-order valence-corrected chi connectivity index (χ1v) is 6.42. The lowest BCUT2D eigenvalue weighted by atomic mass is 10.1. The van der Waals surface area contributed by atoms with Crippen LogP contribution in [-0.2, 0) is 4.79 Å². The number of rotatable bonds is 4. The van der Waals surface area contributed by atoms with E-state index in [0.29, 0.717) is 11.3 Å². The highest BCUT2D eigenvalue weighted by molar-refractivity contribution is 6.00. The molecule has 1 saturated carbocycles. The minimum Gasteiger partial charge on any atom is -0.350 e. The Morgan fingerprint density at radius 3 is 2.26 bits per heavy atom. The first kappa shape index (κ1) is 13.5. The summed E-state index contributed by atoms with van der Waals surface area (Å²) < 4.78 is 0. The number of hydrogen-bond donors (Lipinski definition) is 3. The molecule has 0 aromatic heterocycles. The van der Waals surface area contributed by atoms with Gasteiger partial charge < -0.3 is 16.4 Å². The Balaban J connectivity index is 1.98. The van der Waals surface area contributed by atoms with Gasteiger partial charge in [0, 0.05) is 17.3 Å². The molecule has 1 aromatic rings. The maximum absolute atomic E-state index is 11.7. The van der Waals surface area contributed by atoms with Crippen molar-refractivity contribution in [2.45, 2.75) is 38.3 Å². The minimum absolute atomic E-state index is 0.0962. The van der Waals surface area contributed by atoms with Gasteiger partial charge in [0.15, 0.2) is 0 Å². The van der Waals surface area contributed by atoms with Gasteiger partial charge in [-0.05, 0) is 51.0 Å². The van der Waals surface area contributed by atoms with Gasteiger partial charge in [0.1, 0.15) is 0 Å². The van der Waals surface area contributed by atoms with E-state index >= 15 is 0 Å². The topological polar surface area (TPSA) is 84.2 Å². The fourth-order valence-corrected chi connectivity index (χ4v) is 1.67. The molecule has 0 radical (unpaired) electrons. The Morgan fingerprint density at radius 2 is 1.79 bits per heavy atom. The number of carbonyl (C=O) groups excluding carboxylic acids is 2. The molecule has 0 aliphatic heterocycles. The number of nitrogens with one attached hydrogen (secondary N) is 2. The average Bonchev–Trinajstić information content (AvgIpc) is 3.09. The zero-order valence-electron chi connectivity index (χ0n) is 11.2. The van der Waals surface area contributed by atoms with Gasteiger partial charge in [-0.3, -0.25) is 9.59 Å². The van der Waals surface area contributed by atoms with Crippen LogP contribution >= 0.6 is 0 Å². The van der Waals surface area contributed by atoms with E-state index in [0.717, 1.165) is 12.8 Å². The Hall–Kier alpha value is -1.88. The molecule has 1 aliphatic carbocycles. The Labute approximate surface area is 112 Å². The Kier molecular flexibility index (Phi) is 3.57. The summed E-state index contributed by atoms with van der Waals surface area (Å²) in [5.41, 5.74) is 6.33. The molecule has 2 amide bonds. The molecule has 0 atom stereocenters. The van der Waals surface area contributed by atoms with E-state index in [1.165, 1.54) is 0 Å². The summed E-state index contributed by atoms with van der Waals surface area (Å²) in [6.45, 7) is 3.81. The van der Waals surface area contributed by atoms with Crippen molar-refractivity contribution in [2.24, 2.45) is 5.73 Å². The van der Waals surface area contributed by atoms with Crippen LogP contribution in [0, 0.1) is 0 Å². The molecule has 19 heavy (non-hydrogen) atoms. The van der Waals surface area contributed by atoms with Gasteiger partial charge >= 0.3 is 0 Å². The molecule has 102 valence electrons. The van der Waals surface area contributed by atoms with Crippen molar-refractivity contribution in [3.05, 3.63) is 29.8 Å². The fraction of sp³-hybridized carbons (Fsp3) is 0.429. The second kappa shape index (κ2) is 5.01. The quantitative estimate of drug-likeness (QED) is 0.762. The molecule has 0 heterocycles. The molecule has 0 bridgehead atoms. The average molecular weight is 261 g/mol. The summed E-state index contributed by atoms with van der Waals surface area (Å²) in [5.74, 6) is -0.280. The SMILES string of the molecule is CC(C)NC(=O)c1ccc(NC(=O)C2(N)CC2)cc1. The molecule has 0 saturated heterocycles. The van der Waals surface area contributed by atoms with Crippen LogP contribution in [0.15, 0.2) is 24.3 Å². The number of carbonyl (C=O) groups is 2. The maximum atomic E-state index is 11.7. The van der Waals surface area contributed by atoms with Crippen LogP contribution in [0.2, 0.25) is 0 Å². The smallest absolute Gasteiger partial charge is 0.251 e. The molecule has 2 rings (SSSR count). The lowest BCUT2D eigenvalue weighted by molar-refractivity contribution is -0.118. The van der Waals surface area contributed by atoms with Gasteiger partial charge in [-0.15, -0.1) is 0 Å². The van der Waals surface area contributed by atoms with Crippen LogP contribution in [0.1, 0.15) is 37.0 Å². The monoisotopic (exact) mass is 261 g/mol. The Bertz CT molecular complexity index is 490. The van der Waals surface area contributed by atoms with Crippen LogP contribution in [0.25, 0.3) is 0 Å². The van der Waals surface area contributed by atoms with Crippen molar-refractivity contribution in [3.63, 3.8) is 0 Å². The predicted molar refractivity (Wildman–Crippen MR) is 73.8 cm³/mol. The van der Waals surface area contributed by atoms with E-state index in [1.54, 1.807) is 24.3 Å². The molecule has 5 nitrogen and oxygen atoms in total. The van der Waals surface area contributed by atoms with E-state index in [9.17, 15) is 9.59 Å². The maximum Gasteiger partial charge on any atom is 0.251 e. The summed E-state index contributed by atoms with van der Waals surface area (Å²) in [5, 5.41) is 5.56. The first-order valence-electron chi connectivity index (χ1n) is 6.42. The number of hydrogen-bond acceptors (Lipinski definition) is 3. The second-order valence-corrected chi connectivity index (χ2v) is 5.32. The van der Waals surface area contributed by atoms with Crippen LogP contribution in [0.4, 0.5) is 5.69 Å². The predicted octanol–water partition coefficient (Wildman–Crippen LogP) is 1.25. The molecule has 1 aliphatic rings. The number of anilines is 1. The third-order valence-corrected chi connectivity index (χ3v) is 3.07. The number of amides is 2. The number of nitrogens with two attached hydrogens (primary N) is 1. The van der Waals surface area contributed by atoms with Gasteiger partial charge in [0.2, 0.25) is 5.91 Å². The Morgan fingerprint density at radius 1 is 1.21 bits per heavy atom. The molecule has 4 N–H and O–H groups in total. The van der Waals surface area contributed by atoms with E-state index in [-0.39, 0.29) is 17.9 Å². The van der Waals surface area contributed by atoms with Gasteiger partial charge in [-0.2, -0.15) is 0 Å². The third kappa shape index (κ3) is 3.32. The van der Waals surface area contributed by atoms with E-state index in [4.69, 9.17) is 5.73 Å². The standard InChI is InChI=1S/C14H19N3O2/c1-9(2)16-12(18)10-3-5-11(6-4-10)17-13(19)14(15)7-8-14/h3-6,9H,7-8,15H2,1-2H3,(H,16,18)(H,17,19). The van der Waals surface area contributed by atoms with E-state index in [1.807, 2.05) is 13.8 Å². The zero-order chi connectivity index (χ0) is 14.0. The van der Waals surface area contributed by atoms with Crippen molar-refractivity contribution in [1.29, 1.82) is 0 Å². The van der Waals surface area contributed by atoms with Crippen molar-refractivity contribution in [2.75, 3.05) is 5.32 Å². The van der Waals surface area contributed by atoms with E-state index in [2.05, 4.69) is 10.6 Å². The van der Waals surface area contributed by atoms with Crippen molar-refractivity contribution < 1.29 is 9.59 Å². The van der Waals surface area contributed by atoms with Crippen LogP contribution in [0.3, 0.4) is 0 Å². The van der Waals surface area contributed by atoms with Crippen molar-refractivity contribution >= 4 is 17.5 Å². The summed E-state index contributed by atoms with van der Waals surface area (Å²) in [7, 11) is 0. The lowest BCUT2D eigenvalue weighted by Gasteiger charge is -2.11. The van der Waals surface area contributed by atoms with Gasteiger partial charge in [-0.25, -0.2) is 0 Å². The number of benzene rings is 1. The third-order valence-electron chi connectivity index (χ3n) is 3.07. The normalized spacial score (nSPS) is 16.0. The molecular weight excluding hydrogens is 242 g/mol. The summed E-state index contributed by atoms with van der Waals surface area (Å²) in [6, 6.07) is 6.88. The largest absolute Gasteiger partial charge is 0.350 e. The first-order chi connectivity index (χ1) is 8.90. The van der Waals surface area contributed by atoms with Gasteiger partial charge in [0.25, 0.3) is 5.91 Å². The molecule has 1 fully saturated rings. The second-order valence-electron chi connectivity index (χ2n) is 5.32. The molecule has 5 heteroatoms. The molecule has 0 unspecified atom stereocenters. The van der Waals surface area contributed by atoms with Crippen LogP contribution < -0.4 is 16.4 Å². The summed E-state index contributed by atoms with van der Waals surface area (Å²) in [6.07, 6.45) is 1.46. The fourth-order valence-electron chi connectivity index (χ4n) is 1.67. The lowest BCUT2D eigenvalue weighted by Crippen LogP contribution is -2.37. The van der Waals surface area contributed by atoms with Gasteiger partial charge in [0.05, 0.1) is 5.54 Å². The van der Waals surface area contributed by atoms with Crippen molar-refractivity contribution in [3.8, 4) is 0 Å². The minimum atomic E-state index is -0.687. The highest BCUT2D eigenvalue weighted by atomic mass is 16.2. The molecule has 1 aromatic carbocycles. The van der Waals surface area contributed by atoms with E-state index < -0.39 is 5.54 Å². The van der Waals surface area contributed by atoms with Gasteiger partial charge in [-0.1, -0.05) is 0 Å². The highest BCUT2D eigenvalue weighted by Crippen LogP contribution is 2.33. The van der Waals surface area contributed by atoms with Crippen molar-refractivity contribution in [1.82, 2.24) is 5.32 Å². The summed E-state index contributed by atoms with van der Waals surface area (Å²) in [4.78, 5) is 23.5. The zero-order valence-corrected chi connectivity index (χ0v) is 11.2. The summed E-state index contributed by atoms with van der Waals surface area (Å²) >= 11 is 0. The highest BCUT2D eigenvalue weighted by Gasteiger charge is 2.45. The molecule has 0 spiro atoms. The molecular formula is C14H19N3O2.